The molecule has 1 heterocycles. The maximum Gasteiger partial charge on any atom is 0.234 e. The number of rotatable bonds is 5. The molecule has 1 aromatic heterocycles. The van der Waals surface area contributed by atoms with Crippen molar-refractivity contribution in [3.63, 3.8) is 0 Å². The van der Waals surface area contributed by atoms with Gasteiger partial charge in [-0.25, -0.2) is 4.68 Å². The Morgan fingerprint density at radius 2 is 1.81 bits per heavy atom. The zero-order valence-corrected chi connectivity index (χ0v) is 16.2. The molecule has 3 N–H and O–H groups in total. The summed E-state index contributed by atoms with van der Waals surface area (Å²) >= 11 is 19.0. The van der Waals surface area contributed by atoms with Gasteiger partial charge in [-0.2, -0.15) is 0 Å². The van der Waals surface area contributed by atoms with Gasteiger partial charge < -0.3 is 11.2 Å². The van der Waals surface area contributed by atoms with Crippen LogP contribution in [0.2, 0.25) is 15.1 Å². The van der Waals surface area contributed by atoms with Gasteiger partial charge in [0, 0.05) is 26.3 Å². The summed E-state index contributed by atoms with van der Waals surface area (Å²) in [7, 11) is 0. The molecule has 0 saturated carbocycles. The van der Waals surface area contributed by atoms with Crippen molar-refractivity contribution in [1.29, 1.82) is 0 Å². The first-order valence-electron chi connectivity index (χ1n) is 7.27. The molecule has 2 aromatic carbocycles. The number of thioether (sulfide) groups is 1. The molecule has 0 atom stereocenters. The van der Waals surface area contributed by atoms with Crippen LogP contribution in [-0.2, 0) is 4.79 Å². The van der Waals surface area contributed by atoms with Crippen LogP contribution < -0.4 is 11.2 Å². The van der Waals surface area contributed by atoms with Crippen molar-refractivity contribution in [2.45, 2.75) is 5.16 Å². The van der Waals surface area contributed by atoms with Crippen LogP contribution in [0.3, 0.4) is 0 Å². The Balaban J connectivity index is 1.65. The van der Waals surface area contributed by atoms with Crippen LogP contribution in [0.15, 0.2) is 47.6 Å². The SMILES string of the molecule is Nn1c(SCC(=O)Nc2cc(Cl)cc(Cl)c2)nnc1-c1cccc(Cl)c1. The van der Waals surface area contributed by atoms with Crippen molar-refractivity contribution in [1.82, 2.24) is 14.9 Å². The van der Waals surface area contributed by atoms with Crippen LogP contribution >= 0.6 is 46.6 Å². The summed E-state index contributed by atoms with van der Waals surface area (Å²) < 4.78 is 1.32. The van der Waals surface area contributed by atoms with E-state index >= 15 is 0 Å². The predicted molar refractivity (Wildman–Crippen MR) is 106 cm³/mol. The highest BCUT2D eigenvalue weighted by Gasteiger charge is 2.14. The third-order valence-electron chi connectivity index (χ3n) is 3.23. The van der Waals surface area contributed by atoms with E-state index in [-0.39, 0.29) is 11.7 Å². The monoisotopic (exact) mass is 427 g/mol. The number of hydrogen-bond donors (Lipinski definition) is 2. The van der Waals surface area contributed by atoms with E-state index in [1.807, 2.05) is 6.07 Å². The minimum atomic E-state index is -0.249. The van der Waals surface area contributed by atoms with Crippen LogP contribution in [-0.4, -0.2) is 26.5 Å². The summed E-state index contributed by atoms with van der Waals surface area (Å²) in [6.07, 6.45) is 0. The number of nitrogens with two attached hydrogens (primary N) is 1. The second-order valence-corrected chi connectivity index (χ2v) is 7.43. The molecule has 0 aliphatic carbocycles. The minimum absolute atomic E-state index is 0.0923. The first-order valence-corrected chi connectivity index (χ1v) is 9.39. The Morgan fingerprint density at radius 1 is 1.08 bits per heavy atom. The van der Waals surface area contributed by atoms with Crippen molar-refractivity contribution in [3.05, 3.63) is 57.5 Å². The molecule has 134 valence electrons. The predicted octanol–water partition coefficient (Wildman–Crippen LogP) is 4.35. The second-order valence-electron chi connectivity index (χ2n) is 5.18. The number of aromatic nitrogens is 3. The third kappa shape index (κ3) is 4.62. The van der Waals surface area contributed by atoms with Crippen molar-refractivity contribution in [3.8, 4) is 11.4 Å². The van der Waals surface area contributed by atoms with Crippen LogP contribution in [0.5, 0.6) is 0 Å². The van der Waals surface area contributed by atoms with Gasteiger partial charge in [0.25, 0.3) is 0 Å². The van der Waals surface area contributed by atoms with Crippen LogP contribution in [0.4, 0.5) is 5.69 Å². The van der Waals surface area contributed by atoms with E-state index in [4.69, 9.17) is 40.6 Å². The van der Waals surface area contributed by atoms with Gasteiger partial charge in [0.15, 0.2) is 5.82 Å². The fourth-order valence-electron chi connectivity index (χ4n) is 2.15. The van der Waals surface area contributed by atoms with Gasteiger partial charge in [0.2, 0.25) is 11.1 Å². The van der Waals surface area contributed by atoms with Crippen LogP contribution in [0.25, 0.3) is 11.4 Å². The molecule has 0 aliphatic heterocycles. The average Bonchev–Trinajstić information content (AvgIpc) is 2.93. The van der Waals surface area contributed by atoms with E-state index in [1.165, 1.54) is 4.68 Å². The molecule has 0 bridgehead atoms. The average molecular weight is 429 g/mol. The van der Waals surface area contributed by atoms with Gasteiger partial charge in [-0.3, -0.25) is 4.79 Å². The molecule has 0 aliphatic rings. The molecule has 1 amide bonds. The van der Waals surface area contributed by atoms with Gasteiger partial charge >= 0.3 is 0 Å². The highest BCUT2D eigenvalue weighted by molar-refractivity contribution is 7.99. The number of nitrogen functional groups attached to an aromatic ring is 1. The largest absolute Gasteiger partial charge is 0.335 e. The maximum atomic E-state index is 12.1. The number of nitrogens with one attached hydrogen (secondary N) is 1. The molecule has 6 nitrogen and oxygen atoms in total. The molecule has 0 unspecified atom stereocenters. The topological polar surface area (TPSA) is 85.8 Å². The van der Waals surface area contributed by atoms with Gasteiger partial charge in [0.1, 0.15) is 0 Å². The number of hydrogen-bond acceptors (Lipinski definition) is 5. The lowest BCUT2D eigenvalue weighted by molar-refractivity contribution is -0.113. The minimum Gasteiger partial charge on any atom is -0.335 e. The third-order valence-corrected chi connectivity index (χ3v) is 4.84. The van der Waals surface area contributed by atoms with E-state index in [0.717, 1.165) is 17.3 Å². The van der Waals surface area contributed by atoms with Gasteiger partial charge in [-0.05, 0) is 30.3 Å². The Bertz CT molecular complexity index is 943. The summed E-state index contributed by atoms with van der Waals surface area (Å²) in [5.41, 5.74) is 1.25. The fourth-order valence-corrected chi connectivity index (χ4v) is 3.53. The number of amides is 1. The Hall–Kier alpha value is -1.93. The van der Waals surface area contributed by atoms with Crippen LogP contribution in [0, 0.1) is 0 Å². The summed E-state index contributed by atoms with van der Waals surface area (Å²) in [6.45, 7) is 0. The lowest BCUT2D eigenvalue weighted by Crippen LogP contribution is -2.16. The fraction of sp³-hybridized carbons (Fsp3) is 0.0625. The number of carbonyl (C=O) groups is 1. The standard InChI is InChI=1S/C16H12Cl3N5OS/c17-10-3-1-2-9(4-10)15-22-23-16(24(15)20)26-8-14(25)21-13-6-11(18)5-12(19)7-13/h1-7H,8,20H2,(H,21,25). The molecule has 0 saturated heterocycles. The molecule has 0 radical (unpaired) electrons. The second kappa shape index (κ2) is 8.18. The summed E-state index contributed by atoms with van der Waals surface area (Å²) in [5.74, 6) is 6.32. The summed E-state index contributed by atoms with van der Waals surface area (Å²) in [4.78, 5) is 12.1. The Kier molecular flexibility index (Phi) is 5.93. The van der Waals surface area contributed by atoms with Crippen molar-refractivity contribution in [2.24, 2.45) is 0 Å². The number of carbonyl (C=O) groups excluding carboxylic acids is 1. The Labute approximate surface area is 168 Å². The van der Waals surface area contributed by atoms with Gasteiger partial charge in [-0.15, -0.1) is 10.2 Å². The zero-order chi connectivity index (χ0) is 18.7. The smallest absolute Gasteiger partial charge is 0.234 e. The molecule has 0 spiro atoms. The van der Waals surface area contributed by atoms with E-state index < -0.39 is 0 Å². The molecular weight excluding hydrogens is 417 g/mol. The summed E-state index contributed by atoms with van der Waals surface area (Å²) in [5, 5.41) is 12.6. The molecular formula is C16H12Cl3N5OS. The molecule has 0 fully saturated rings. The van der Waals surface area contributed by atoms with Crippen LogP contribution in [0.1, 0.15) is 0 Å². The molecule has 26 heavy (non-hydrogen) atoms. The molecule has 10 heteroatoms. The number of benzene rings is 2. The molecule has 3 rings (SSSR count). The van der Waals surface area contributed by atoms with Crippen molar-refractivity contribution < 1.29 is 4.79 Å². The zero-order valence-electron chi connectivity index (χ0n) is 13.1. The van der Waals surface area contributed by atoms with Crippen molar-refractivity contribution in [2.75, 3.05) is 16.9 Å². The maximum absolute atomic E-state index is 12.1. The number of anilines is 1. The van der Waals surface area contributed by atoms with Gasteiger partial charge in [-0.1, -0.05) is 58.7 Å². The highest BCUT2D eigenvalue weighted by Crippen LogP contribution is 2.25. The van der Waals surface area contributed by atoms with E-state index in [0.29, 0.717) is 31.7 Å². The lowest BCUT2D eigenvalue weighted by Gasteiger charge is -2.06. The van der Waals surface area contributed by atoms with Gasteiger partial charge in [0.05, 0.1) is 5.75 Å². The van der Waals surface area contributed by atoms with E-state index in [2.05, 4.69) is 15.5 Å². The van der Waals surface area contributed by atoms with Crippen molar-refractivity contribution >= 4 is 58.2 Å². The van der Waals surface area contributed by atoms with E-state index in [1.54, 1.807) is 36.4 Å². The lowest BCUT2D eigenvalue weighted by atomic mass is 10.2. The highest BCUT2D eigenvalue weighted by atomic mass is 35.5. The quantitative estimate of drug-likeness (QED) is 0.466. The first-order chi connectivity index (χ1) is 12.4. The normalized spacial score (nSPS) is 10.7. The van der Waals surface area contributed by atoms with E-state index in [9.17, 15) is 4.79 Å². The number of nitrogens with zero attached hydrogens (tertiary/aromatic N) is 3. The first kappa shape index (κ1) is 18.8. The summed E-state index contributed by atoms with van der Waals surface area (Å²) in [6, 6.07) is 11.9. The Morgan fingerprint density at radius 3 is 2.50 bits per heavy atom. The molecule has 3 aromatic rings. The number of halogens is 3.